The van der Waals surface area contributed by atoms with Crippen LogP contribution >= 0.6 is 24.0 Å². The highest BCUT2D eigenvalue weighted by Crippen LogP contribution is 2.24. The predicted molar refractivity (Wildman–Crippen MR) is 134 cm³/mol. The fourth-order valence-electron chi connectivity index (χ4n) is 2.60. The lowest BCUT2D eigenvalue weighted by Crippen LogP contribution is -2.22. The van der Waals surface area contributed by atoms with Crippen molar-refractivity contribution in [3.8, 4) is 23.1 Å². The van der Waals surface area contributed by atoms with Gasteiger partial charge in [0.25, 0.3) is 0 Å². The van der Waals surface area contributed by atoms with Gasteiger partial charge in [0.2, 0.25) is 5.88 Å². The maximum absolute atomic E-state index is 5.98. The quantitative estimate of drug-likeness (QED) is 0.234. The average molecular weight is 534 g/mol. The van der Waals surface area contributed by atoms with Crippen LogP contribution in [0.25, 0.3) is 0 Å². The molecule has 31 heavy (non-hydrogen) atoms. The number of hydrogen-bond acceptors (Lipinski definition) is 5. The van der Waals surface area contributed by atoms with Crippen molar-refractivity contribution >= 4 is 35.6 Å². The van der Waals surface area contributed by atoms with Crippen LogP contribution in [0, 0.1) is 0 Å². The van der Waals surface area contributed by atoms with E-state index in [0.29, 0.717) is 24.1 Å². The third-order valence-electron chi connectivity index (χ3n) is 3.99. The molecule has 1 heterocycles. The molecule has 3 rings (SSSR count). The van der Waals surface area contributed by atoms with Gasteiger partial charge in [-0.15, -0.1) is 24.0 Å². The summed E-state index contributed by atoms with van der Waals surface area (Å²) in [5, 5.41) is 3.06. The molecule has 3 N–H and O–H groups in total. The van der Waals surface area contributed by atoms with Crippen molar-refractivity contribution in [1.29, 1.82) is 0 Å². The molecular weight excluding hydrogens is 507 g/mol. The van der Waals surface area contributed by atoms with Gasteiger partial charge in [-0.05, 0) is 55.8 Å². The molecule has 0 radical (unpaired) electrons. The van der Waals surface area contributed by atoms with Crippen molar-refractivity contribution in [2.45, 2.75) is 26.5 Å². The van der Waals surface area contributed by atoms with Crippen LogP contribution in [0.3, 0.4) is 0 Å². The van der Waals surface area contributed by atoms with Gasteiger partial charge in [-0.25, -0.2) is 9.98 Å². The van der Waals surface area contributed by atoms with Crippen LogP contribution in [-0.4, -0.2) is 24.2 Å². The van der Waals surface area contributed by atoms with E-state index >= 15 is 0 Å². The van der Waals surface area contributed by atoms with E-state index in [1.165, 1.54) is 0 Å². The van der Waals surface area contributed by atoms with Crippen LogP contribution in [0.15, 0.2) is 71.9 Å². The zero-order chi connectivity index (χ0) is 21.3. The number of guanidine groups is 1. The van der Waals surface area contributed by atoms with Crippen LogP contribution in [0.2, 0.25) is 0 Å². The Kier molecular flexibility index (Phi) is 9.39. The fraction of sp³-hybridized carbons (Fsp3) is 0.217. The first-order valence-electron chi connectivity index (χ1n) is 9.62. The zero-order valence-electron chi connectivity index (χ0n) is 17.7. The summed E-state index contributed by atoms with van der Waals surface area (Å²) in [5.74, 6) is 3.01. The van der Waals surface area contributed by atoms with Gasteiger partial charge in [0.05, 0.1) is 19.8 Å². The molecule has 0 saturated carbocycles. The van der Waals surface area contributed by atoms with E-state index in [9.17, 15) is 0 Å². The SMILES string of the molecule is COc1cccc(Oc2ccc(CN=C(N)Nc3ccc(OC(C)C)cc3)cn2)c1.I. The summed E-state index contributed by atoms with van der Waals surface area (Å²) in [5.41, 5.74) is 7.74. The van der Waals surface area contributed by atoms with E-state index in [1.54, 1.807) is 25.4 Å². The average Bonchev–Trinajstić information content (AvgIpc) is 2.74. The molecule has 0 atom stereocenters. The highest BCUT2D eigenvalue weighted by Gasteiger charge is 2.02. The number of aliphatic imine (C=N–C) groups is 1. The van der Waals surface area contributed by atoms with Crippen LogP contribution in [-0.2, 0) is 6.54 Å². The second-order valence-corrected chi connectivity index (χ2v) is 6.80. The largest absolute Gasteiger partial charge is 0.497 e. The van der Waals surface area contributed by atoms with Gasteiger partial charge in [-0.3, -0.25) is 0 Å². The van der Waals surface area contributed by atoms with Gasteiger partial charge in [0.1, 0.15) is 17.2 Å². The fourth-order valence-corrected chi connectivity index (χ4v) is 2.60. The first kappa shape index (κ1) is 24.3. The van der Waals surface area contributed by atoms with E-state index in [0.717, 1.165) is 22.7 Å². The highest BCUT2D eigenvalue weighted by atomic mass is 127. The van der Waals surface area contributed by atoms with Gasteiger partial charge >= 0.3 is 0 Å². The Morgan fingerprint density at radius 3 is 2.42 bits per heavy atom. The summed E-state index contributed by atoms with van der Waals surface area (Å²) >= 11 is 0. The first-order chi connectivity index (χ1) is 14.5. The normalized spacial score (nSPS) is 10.9. The van der Waals surface area contributed by atoms with Crippen molar-refractivity contribution in [3.63, 3.8) is 0 Å². The molecule has 0 saturated heterocycles. The van der Waals surface area contributed by atoms with E-state index < -0.39 is 0 Å². The van der Waals surface area contributed by atoms with Crippen molar-refractivity contribution in [3.05, 3.63) is 72.4 Å². The number of nitrogens with two attached hydrogens (primary N) is 1. The van der Waals surface area contributed by atoms with E-state index in [2.05, 4.69) is 15.3 Å². The summed E-state index contributed by atoms with van der Waals surface area (Å²) < 4.78 is 16.6. The minimum absolute atomic E-state index is 0. The molecule has 0 amide bonds. The molecule has 8 heteroatoms. The summed E-state index contributed by atoms with van der Waals surface area (Å²) in [7, 11) is 1.61. The van der Waals surface area contributed by atoms with Crippen LogP contribution in [0.1, 0.15) is 19.4 Å². The number of halogens is 1. The summed E-state index contributed by atoms with van der Waals surface area (Å²) in [6, 6.07) is 18.6. The van der Waals surface area contributed by atoms with Crippen LogP contribution in [0.5, 0.6) is 23.1 Å². The molecule has 0 aliphatic heterocycles. The lowest BCUT2D eigenvalue weighted by atomic mass is 10.3. The number of hydrogen-bond donors (Lipinski definition) is 2. The van der Waals surface area contributed by atoms with Gasteiger partial charge in [0, 0.05) is 24.0 Å². The number of methoxy groups -OCH3 is 1. The molecule has 7 nitrogen and oxygen atoms in total. The summed E-state index contributed by atoms with van der Waals surface area (Å²) in [4.78, 5) is 8.67. The van der Waals surface area contributed by atoms with Gasteiger partial charge < -0.3 is 25.3 Å². The number of nitrogens with one attached hydrogen (secondary N) is 1. The van der Waals surface area contributed by atoms with Gasteiger partial charge in [-0.2, -0.15) is 0 Å². The Balaban J connectivity index is 0.00000341. The number of nitrogens with zero attached hydrogens (tertiary/aromatic N) is 2. The van der Waals surface area contributed by atoms with Crippen LogP contribution < -0.4 is 25.3 Å². The molecule has 0 bridgehead atoms. The van der Waals surface area contributed by atoms with Crippen LogP contribution in [0.4, 0.5) is 5.69 Å². The highest BCUT2D eigenvalue weighted by molar-refractivity contribution is 14.0. The molecule has 0 fully saturated rings. The molecule has 3 aromatic rings. The van der Waals surface area contributed by atoms with Crippen molar-refractivity contribution in [2.24, 2.45) is 10.7 Å². The van der Waals surface area contributed by atoms with Gasteiger partial charge in [0.15, 0.2) is 5.96 Å². The molecule has 164 valence electrons. The van der Waals surface area contributed by atoms with Crippen molar-refractivity contribution < 1.29 is 14.2 Å². The van der Waals surface area contributed by atoms with E-state index in [4.69, 9.17) is 19.9 Å². The molecular formula is C23H27IN4O3. The zero-order valence-corrected chi connectivity index (χ0v) is 20.1. The number of ether oxygens (including phenoxy) is 3. The number of aromatic nitrogens is 1. The minimum atomic E-state index is 0. The number of anilines is 1. The lowest BCUT2D eigenvalue weighted by Gasteiger charge is -2.11. The Hall–Kier alpha value is -3.01. The molecule has 2 aromatic carbocycles. The summed E-state index contributed by atoms with van der Waals surface area (Å²) in [6.45, 7) is 4.38. The minimum Gasteiger partial charge on any atom is -0.497 e. The molecule has 0 unspecified atom stereocenters. The smallest absolute Gasteiger partial charge is 0.219 e. The second kappa shape index (κ2) is 12.0. The topological polar surface area (TPSA) is 91.0 Å². The Bertz CT molecular complexity index is 977. The van der Waals surface area contributed by atoms with Gasteiger partial charge in [-0.1, -0.05) is 12.1 Å². The summed E-state index contributed by atoms with van der Waals surface area (Å²) in [6.07, 6.45) is 1.85. The maximum atomic E-state index is 5.98. The second-order valence-electron chi connectivity index (χ2n) is 6.80. The van der Waals surface area contributed by atoms with Crippen molar-refractivity contribution in [1.82, 2.24) is 4.98 Å². The standard InChI is InChI=1S/C23H26N4O3.HI/c1-16(2)29-19-10-8-18(9-11-19)27-23(24)26-15-17-7-12-22(25-14-17)30-21-6-4-5-20(13-21)28-3;/h4-14,16H,15H2,1-3H3,(H3,24,26,27);1H. The Labute approximate surface area is 199 Å². The third kappa shape index (κ3) is 7.97. The molecule has 0 aliphatic rings. The number of rotatable bonds is 8. The first-order valence-corrected chi connectivity index (χ1v) is 9.62. The Morgan fingerprint density at radius 2 is 1.77 bits per heavy atom. The number of pyridine rings is 1. The van der Waals surface area contributed by atoms with Crippen molar-refractivity contribution in [2.75, 3.05) is 12.4 Å². The lowest BCUT2D eigenvalue weighted by molar-refractivity contribution is 0.242. The monoisotopic (exact) mass is 534 g/mol. The molecule has 0 aliphatic carbocycles. The molecule has 1 aromatic heterocycles. The van der Waals surface area contributed by atoms with E-state index in [1.807, 2.05) is 62.4 Å². The maximum Gasteiger partial charge on any atom is 0.219 e. The number of benzene rings is 2. The molecule has 0 spiro atoms. The predicted octanol–water partition coefficient (Wildman–Crippen LogP) is 5.21. The third-order valence-corrected chi connectivity index (χ3v) is 3.99. The Morgan fingerprint density at radius 1 is 1.03 bits per heavy atom. The van der Waals surface area contributed by atoms with E-state index in [-0.39, 0.29) is 30.1 Å².